The Morgan fingerprint density at radius 2 is 1.61 bits per heavy atom. The van der Waals surface area contributed by atoms with Gasteiger partial charge in [0.1, 0.15) is 5.82 Å². The zero-order chi connectivity index (χ0) is 22.0. The number of hydrogen-bond donors (Lipinski definition) is 1. The van der Waals surface area contributed by atoms with Crippen LogP contribution in [0.5, 0.6) is 0 Å². The molecule has 0 bridgehead atoms. The number of hydrogen-bond acceptors (Lipinski definition) is 4. The molecule has 1 aliphatic rings. The molecule has 3 aromatic carbocycles. The number of rotatable bonds is 5. The molecule has 3 amide bonds. The Morgan fingerprint density at radius 1 is 0.968 bits per heavy atom. The van der Waals surface area contributed by atoms with E-state index in [1.54, 1.807) is 36.4 Å². The van der Waals surface area contributed by atoms with E-state index in [-0.39, 0.29) is 24.1 Å². The molecule has 1 saturated heterocycles. The molecule has 31 heavy (non-hydrogen) atoms. The third-order valence-corrected chi connectivity index (χ3v) is 6.09. The topological polar surface area (TPSA) is 66.5 Å². The Bertz CT molecular complexity index is 1130. The van der Waals surface area contributed by atoms with Crippen LogP contribution in [-0.2, 0) is 9.59 Å². The summed E-state index contributed by atoms with van der Waals surface area (Å²) in [5.41, 5.74) is 2.57. The smallest absolute Gasteiger partial charge is 0.255 e. The van der Waals surface area contributed by atoms with Crippen LogP contribution in [0.3, 0.4) is 0 Å². The van der Waals surface area contributed by atoms with Crippen LogP contribution in [-0.4, -0.2) is 23.0 Å². The molecule has 1 N–H and O–H groups in total. The summed E-state index contributed by atoms with van der Waals surface area (Å²) in [4.78, 5) is 39.5. The number of halogens is 1. The van der Waals surface area contributed by atoms with Crippen molar-refractivity contribution in [2.75, 3.05) is 10.2 Å². The lowest BCUT2D eigenvalue weighted by molar-refractivity contribution is -0.121. The van der Waals surface area contributed by atoms with Gasteiger partial charge in [-0.25, -0.2) is 9.29 Å². The second kappa shape index (κ2) is 8.73. The zero-order valence-corrected chi connectivity index (χ0v) is 17.5. The third kappa shape index (κ3) is 4.67. The molecule has 7 heteroatoms. The Labute approximate surface area is 183 Å². The summed E-state index contributed by atoms with van der Waals surface area (Å²) < 4.78 is 13.0. The number of nitrogens with zero attached hydrogens (tertiary/aromatic N) is 1. The second-order valence-electron chi connectivity index (χ2n) is 7.20. The van der Waals surface area contributed by atoms with Gasteiger partial charge in [0, 0.05) is 22.6 Å². The summed E-state index contributed by atoms with van der Waals surface area (Å²) in [7, 11) is 0. The number of aryl methyl sites for hydroxylation is 1. The maximum atomic E-state index is 13.0. The van der Waals surface area contributed by atoms with E-state index in [4.69, 9.17) is 0 Å². The van der Waals surface area contributed by atoms with Crippen molar-refractivity contribution in [3.8, 4) is 0 Å². The molecule has 5 nitrogen and oxygen atoms in total. The van der Waals surface area contributed by atoms with Crippen molar-refractivity contribution in [2.24, 2.45) is 0 Å². The third-order valence-electron chi connectivity index (χ3n) is 4.89. The highest BCUT2D eigenvalue weighted by atomic mass is 32.2. The standard InChI is InChI=1S/C24H19FN2O3S/c1-15-2-10-19(11-3-15)27-22(28)14-21(24(27)30)31-20-12-8-18(9-13-20)26-23(29)16-4-6-17(25)7-5-16/h2-13,21H,14H2,1H3,(H,26,29). The van der Waals surface area contributed by atoms with Gasteiger partial charge in [0.2, 0.25) is 11.8 Å². The molecule has 0 radical (unpaired) electrons. The Hall–Kier alpha value is -3.45. The van der Waals surface area contributed by atoms with E-state index >= 15 is 0 Å². The number of carbonyl (C=O) groups excluding carboxylic acids is 3. The fourth-order valence-corrected chi connectivity index (χ4v) is 4.30. The largest absolute Gasteiger partial charge is 0.322 e. The molecular weight excluding hydrogens is 415 g/mol. The fraction of sp³-hybridized carbons (Fsp3) is 0.125. The zero-order valence-electron chi connectivity index (χ0n) is 16.7. The number of thioether (sulfide) groups is 1. The average Bonchev–Trinajstić information content (AvgIpc) is 3.03. The van der Waals surface area contributed by atoms with Gasteiger partial charge >= 0.3 is 0 Å². The number of anilines is 2. The normalized spacial score (nSPS) is 15.9. The SMILES string of the molecule is Cc1ccc(N2C(=O)CC(Sc3ccc(NC(=O)c4ccc(F)cc4)cc3)C2=O)cc1. The van der Waals surface area contributed by atoms with Crippen LogP contribution in [0.2, 0.25) is 0 Å². The molecule has 0 aliphatic carbocycles. The van der Waals surface area contributed by atoms with Gasteiger partial charge in [-0.15, -0.1) is 11.8 Å². The summed E-state index contributed by atoms with van der Waals surface area (Å²) in [6.45, 7) is 1.95. The summed E-state index contributed by atoms with van der Waals surface area (Å²) in [6, 6.07) is 19.6. The van der Waals surface area contributed by atoms with Crippen molar-refractivity contribution in [1.29, 1.82) is 0 Å². The summed E-state index contributed by atoms with van der Waals surface area (Å²) in [5.74, 6) is -1.19. The van der Waals surface area contributed by atoms with E-state index in [0.717, 1.165) is 10.5 Å². The summed E-state index contributed by atoms with van der Waals surface area (Å²) in [6.07, 6.45) is 0.139. The van der Waals surface area contributed by atoms with E-state index in [9.17, 15) is 18.8 Å². The Kier molecular flexibility index (Phi) is 5.86. The minimum Gasteiger partial charge on any atom is -0.322 e. The minimum atomic E-state index is -0.492. The maximum absolute atomic E-state index is 13.0. The first-order valence-electron chi connectivity index (χ1n) is 9.68. The molecule has 1 aliphatic heterocycles. The van der Waals surface area contributed by atoms with Crippen molar-refractivity contribution in [3.63, 3.8) is 0 Å². The highest BCUT2D eigenvalue weighted by molar-refractivity contribution is 8.00. The maximum Gasteiger partial charge on any atom is 0.255 e. The number of benzene rings is 3. The lowest BCUT2D eigenvalue weighted by Crippen LogP contribution is -2.31. The van der Waals surface area contributed by atoms with Crippen molar-refractivity contribution >= 4 is 40.9 Å². The molecule has 156 valence electrons. The minimum absolute atomic E-state index is 0.139. The highest BCUT2D eigenvalue weighted by Crippen LogP contribution is 2.34. The lowest BCUT2D eigenvalue weighted by Gasteiger charge is -2.15. The van der Waals surface area contributed by atoms with Gasteiger partial charge in [0.25, 0.3) is 5.91 Å². The van der Waals surface area contributed by atoms with Crippen molar-refractivity contribution < 1.29 is 18.8 Å². The van der Waals surface area contributed by atoms with Gasteiger partial charge in [-0.1, -0.05) is 17.7 Å². The van der Waals surface area contributed by atoms with Gasteiger partial charge in [0.15, 0.2) is 0 Å². The first kappa shape index (κ1) is 20.8. The first-order chi connectivity index (χ1) is 14.9. The molecule has 0 aromatic heterocycles. The van der Waals surface area contributed by atoms with Crippen LogP contribution >= 0.6 is 11.8 Å². The first-order valence-corrected chi connectivity index (χ1v) is 10.6. The van der Waals surface area contributed by atoms with Crippen molar-refractivity contribution in [2.45, 2.75) is 23.5 Å². The van der Waals surface area contributed by atoms with Crippen molar-refractivity contribution in [1.82, 2.24) is 0 Å². The number of imide groups is 1. The van der Waals surface area contributed by atoms with Crippen LogP contribution in [0.25, 0.3) is 0 Å². The van der Waals surface area contributed by atoms with E-state index in [1.165, 1.54) is 40.9 Å². The van der Waals surface area contributed by atoms with E-state index in [1.807, 2.05) is 19.1 Å². The van der Waals surface area contributed by atoms with Crippen LogP contribution in [0.1, 0.15) is 22.3 Å². The molecule has 0 spiro atoms. The Morgan fingerprint density at radius 3 is 2.26 bits per heavy atom. The monoisotopic (exact) mass is 434 g/mol. The summed E-state index contributed by atoms with van der Waals surface area (Å²) >= 11 is 1.32. The quantitative estimate of drug-likeness (QED) is 0.585. The van der Waals surface area contributed by atoms with E-state index in [2.05, 4.69) is 5.32 Å². The molecule has 1 heterocycles. The van der Waals surface area contributed by atoms with E-state index < -0.39 is 11.1 Å². The molecule has 1 atom stereocenters. The number of nitrogens with one attached hydrogen (secondary N) is 1. The Balaban J connectivity index is 1.40. The lowest BCUT2D eigenvalue weighted by atomic mass is 10.2. The average molecular weight is 434 g/mol. The number of amides is 3. The van der Waals surface area contributed by atoms with Crippen LogP contribution in [0, 0.1) is 12.7 Å². The number of carbonyl (C=O) groups is 3. The molecule has 1 fully saturated rings. The summed E-state index contributed by atoms with van der Waals surface area (Å²) in [5, 5.41) is 2.26. The van der Waals surface area contributed by atoms with Gasteiger partial charge in [-0.05, 0) is 67.6 Å². The van der Waals surface area contributed by atoms with Gasteiger partial charge in [-0.2, -0.15) is 0 Å². The fourth-order valence-electron chi connectivity index (χ4n) is 3.25. The predicted molar refractivity (Wildman–Crippen MR) is 119 cm³/mol. The molecule has 3 aromatic rings. The van der Waals surface area contributed by atoms with Crippen LogP contribution in [0.15, 0.2) is 77.7 Å². The van der Waals surface area contributed by atoms with Gasteiger partial charge in [0.05, 0.1) is 10.9 Å². The molecule has 1 unspecified atom stereocenters. The van der Waals surface area contributed by atoms with Crippen LogP contribution < -0.4 is 10.2 Å². The molecular formula is C24H19FN2O3S. The van der Waals surface area contributed by atoms with Gasteiger partial charge in [-0.3, -0.25) is 14.4 Å². The van der Waals surface area contributed by atoms with E-state index in [0.29, 0.717) is 16.9 Å². The second-order valence-corrected chi connectivity index (χ2v) is 8.48. The van der Waals surface area contributed by atoms with Crippen molar-refractivity contribution in [3.05, 3.63) is 89.7 Å². The predicted octanol–water partition coefficient (Wildman–Crippen LogP) is 4.81. The highest BCUT2D eigenvalue weighted by Gasteiger charge is 2.40. The molecule has 0 saturated carbocycles. The molecule has 4 rings (SSSR count). The van der Waals surface area contributed by atoms with Crippen LogP contribution in [0.4, 0.5) is 15.8 Å². The van der Waals surface area contributed by atoms with Gasteiger partial charge < -0.3 is 5.32 Å².